The normalized spacial score (nSPS) is 19.3. The van der Waals surface area contributed by atoms with E-state index in [4.69, 9.17) is 0 Å². The van der Waals surface area contributed by atoms with Crippen LogP contribution in [0.1, 0.15) is 48.6 Å². The molecule has 1 atom stereocenters. The van der Waals surface area contributed by atoms with E-state index in [2.05, 4.69) is 10.6 Å². The van der Waals surface area contributed by atoms with Gasteiger partial charge in [-0.2, -0.15) is 0 Å². The molecule has 2 heterocycles. The summed E-state index contributed by atoms with van der Waals surface area (Å²) in [5.41, 5.74) is -0.122. The number of halogens is 1. The lowest BCUT2D eigenvalue weighted by Crippen LogP contribution is -2.49. The first-order chi connectivity index (χ1) is 14.0. The fourth-order valence-electron chi connectivity index (χ4n) is 4.09. The highest BCUT2D eigenvalue weighted by atomic mass is 32.1. The third kappa shape index (κ3) is 3.89. The Balaban J connectivity index is 1.49. The van der Waals surface area contributed by atoms with Gasteiger partial charge in [-0.3, -0.25) is 14.5 Å². The summed E-state index contributed by atoms with van der Waals surface area (Å²) in [4.78, 5) is 39.9. The van der Waals surface area contributed by atoms with Crippen LogP contribution in [0.25, 0.3) is 0 Å². The summed E-state index contributed by atoms with van der Waals surface area (Å²) < 4.78 is 13.3. The highest BCUT2D eigenvalue weighted by Crippen LogP contribution is 2.33. The second-order valence-electron chi connectivity index (χ2n) is 7.53. The average molecular weight is 415 g/mol. The summed E-state index contributed by atoms with van der Waals surface area (Å²) in [5, 5.41) is 7.59. The number of rotatable bonds is 5. The summed E-state index contributed by atoms with van der Waals surface area (Å²) in [6.07, 6.45) is 4.05. The van der Waals surface area contributed by atoms with Gasteiger partial charge < -0.3 is 10.6 Å². The highest BCUT2D eigenvalue weighted by Gasteiger charge is 2.51. The number of nitrogens with zero attached hydrogens (tertiary/aromatic N) is 1. The largest absolute Gasteiger partial charge is 0.343 e. The first-order valence-corrected chi connectivity index (χ1v) is 10.6. The number of hydrogen-bond acceptors (Lipinski definition) is 4. The maximum Gasteiger partial charge on any atom is 0.325 e. The third-order valence-electron chi connectivity index (χ3n) is 5.59. The lowest BCUT2D eigenvalue weighted by atomic mass is 9.82. The smallest absolute Gasteiger partial charge is 0.325 e. The molecule has 1 aliphatic carbocycles. The van der Waals surface area contributed by atoms with Crippen LogP contribution in [0.5, 0.6) is 0 Å². The van der Waals surface area contributed by atoms with Gasteiger partial charge in [-0.15, -0.1) is 11.3 Å². The molecule has 8 heteroatoms. The molecule has 1 aliphatic heterocycles. The Labute approximate surface area is 172 Å². The van der Waals surface area contributed by atoms with Crippen molar-refractivity contribution < 1.29 is 18.8 Å². The molecule has 1 unspecified atom stereocenters. The van der Waals surface area contributed by atoms with E-state index < -0.39 is 23.5 Å². The van der Waals surface area contributed by atoms with Crippen LogP contribution < -0.4 is 10.6 Å². The van der Waals surface area contributed by atoms with E-state index in [-0.39, 0.29) is 18.3 Å². The van der Waals surface area contributed by atoms with Gasteiger partial charge in [-0.05, 0) is 42.0 Å². The van der Waals surface area contributed by atoms with E-state index in [1.165, 1.54) is 23.5 Å². The standard InChI is InChI=1S/C21H22FN3O3S/c22-15-8-6-14(7-9-15)18(16-5-4-12-29-16)23-17(26)13-25-19(27)21(24-20(25)28)10-2-1-3-11-21/h4-9,12,18H,1-3,10-11,13H2,(H,23,26)(H,24,28). The van der Waals surface area contributed by atoms with Gasteiger partial charge >= 0.3 is 6.03 Å². The van der Waals surface area contributed by atoms with E-state index in [9.17, 15) is 18.8 Å². The number of carbonyl (C=O) groups is 3. The van der Waals surface area contributed by atoms with Gasteiger partial charge in [0.2, 0.25) is 5.91 Å². The molecule has 4 rings (SSSR count). The van der Waals surface area contributed by atoms with Gasteiger partial charge in [0.25, 0.3) is 5.91 Å². The predicted octanol–water partition coefficient (Wildman–Crippen LogP) is 3.35. The maximum absolute atomic E-state index is 13.3. The Morgan fingerprint density at radius 2 is 1.90 bits per heavy atom. The van der Waals surface area contributed by atoms with Crippen molar-refractivity contribution in [2.24, 2.45) is 0 Å². The van der Waals surface area contributed by atoms with Gasteiger partial charge in [0.05, 0.1) is 6.04 Å². The molecule has 0 radical (unpaired) electrons. The van der Waals surface area contributed by atoms with Crippen molar-refractivity contribution in [1.29, 1.82) is 0 Å². The Morgan fingerprint density at radius 3 is 2.55 bits per heavy atom. The summed E-state index contributed by atoms with van der Waals surface area (Å²) in [7, 11) is 0. The number of imide groups is 1. The van der Waals surface area contributed by atoms with E-state index in [0.29, 0.717) is 12.8 Å². The molecule has 2 fully saturated rings. The van der Waals surface area contributed by atoms with Gasteiger partial charge in [0.1, 0.15) is 17.9 Å². The predicted molar refractivity (Wildman–Crippen MR) is 107 cm³/mol. The molecule has 2 aliphatic rings. The summed E-state index contributed by atoms with van der Waals surface area (Å²) >= 11 is 1.47. The van der Waals surface area contributed by atoms with Crippen LogP contribution in [0.2, 0.25) is 0 Å². The van der Waals surface area contributed by atoms with Gasteiger partial charge in [-0.1, -0.05) is 37.5 Å². The Kier molecular flexibility index (Phi) is 5.36. The highest BCUT2D eigenvalue weighted by molar-refractivity contribution is 7.10. The first-order valence-electron chi connectivity index (χ1n) is 9.71. The van der Waals surface area contributed by atoms with Crippen molar-refractivity contribution in [3.05, 3.63) is 58.0 Å². The SMILES string of the molecule is O=C(CN1C(=O)NC2(CCCCC2)C1=O)NC(c1ccc(F)cc1)c1cccs1. The third-order valence-corrected chi connectivity index (χ3v) is 6.53. The van der Waals surface area contributed by atoms with E-state index in [1.54, 1.807) is 12.1 Å². The van der Waals surface area contributed by atoms with Crippen LogP contribution in [0.4, 0.5) is 9.18 Å². The quantitative estimate of drug-likeness (QED) is 0.735. The number of carbonyl (C=O) groups excluding carboxylic acids is 3. The maximum atomic E-state index is 13.3. The lowest BCUT2D eigenvalue weighted by Gasteiger charge is -2.30. The fourth-order valence-corrected chi connectivity index (χ4v) is 4.90. The number of nitrogens with one attached hydrogen (secondary N) is 2. The lowest BCUT2D eigenvalue weighted by molar-refractivity contribution is -0.136. The number of hydrogen-bond donors (Lipinski definition) is 2. The number of benzene rings is 1. The Bertz CT molecular complexity index is 908. The Hall–Kier alpha value is -2.74. The summed E-state index contributed by atoms with van der Waals surface area (Å²) in [5.74, 6) is -1.11. The van der Waals surface area contributed by atoms with Crippen molar-refractivity contribution in [1.82, 2.24) is 15.5 Å². The van der Waals surface area contributed by atoms with Crippen LogP contribution >= 0.6 is 11.3 Å². The Morgan fingerprint density at radius 1 is 1.17 bits per heavy atom. The zero-order valence-electron chi connectivity index (χ0n) is 15.8. The molecule has 4 amide bonds. The van der Waals surface area contributed by atoms with E-state index in [0.717, 1.165) is 34.6 Å². The zero-order valence-corrected chi connectivity index (χ0v) is 16.6. The molecule has 1 aromatic carbocycles. The minimum Gasteiger partial charge on any atom is -0.343 e. The molecular formula is C21H22FN3O3S. The molecule has 2 N–H and O–H groups in total. The minimum absolute atomic E-state index is 0.313. The molecule has 0 bridgehead atoms. The molecule has 1 saturated carbocycles. The molecule has 152 valence electrons. The van der Waals surface area contributed by atoms with E-state index >= 15 is 0 Å². The molecule has 1 spiro atoms. The van der Waals surface area contributed by atoms with E-state index in [1.807, 2.05) is 17.5 Å². The van der Waals surface area contributed by atoms with Crippen molar-refractivity contribution in [3.8, 4) is 0 Å². The van der Waals surface area contributed by atoms with Crippen molar-refractivity contribution in [2.75, 3.05) is 6.54 Å². The molecule has 2 aromatic rings. The monoisotopic (exact) mass is 415 g/mol. The number of urea groups is 1. The number of thiophene rings is 1. The second kappa shape index (κ2) is 7.94. The van der Waals surface area contributed by atoms with Gasteiger partial charge in [0.15, 0.2) is 0 Å². The van der Waals surface area contributed by atoms with Crippen molar-refractivity contribution in [2.45, 2.75) is 43.7 Å². The van der Waals surface area contributed by atoms with Gasteiger partial charge in [0, 0.05) is 4.88 Å². The van der Waals surface area contributed by atoms with Crippen LogP contribution in [0.3, 0.4) is 0 Å². The number of amides is 4. The molecule has 6 nitrogen and oxygen atoms in total. The second-order valence-corrected chi connectivity index (χ2v) is 8.51. The molecule has 29 heavy (non-hydrogen) atoms. The van der Waals surface area contributed by atoms with Crippen LogP contribution in [-0.2, 0) is 9.59 Å². The summed E-state index contributed by atoms with van der Waals surface area (Å²) in [6, 6.07) is 8.67. The van der Waals surface area contributed by atoms with Crippen LogP contribution in [0.15, 0.2) is 41.8 Å². The molecule has 1 aromatic heterocycles. The van der Waals surface area contributed by atoms with Gasteiger partial charge in [-0.25, -0.2) is 9.18 Å². The van der Waals surface area contributed by atoms with Crippen LogP contribution in [0, 0.1) is 5.82 Å². The zero-order chi connectivity index (χ0) is 20.4. The molecule has 1 saturated heterocycles. The van der Waals surface area contributed by atoms with Crippen molar-refractivity contribution >= 4 is 29.2 Å². The average Bonchev–Trinajstić information content (AvgIpc) is 3.32. The molecular weight excluding hydrogens is 393 g/mol. The minimum atomic E-state index is -0.847. The first kappa shape index (κ1) is 19.6. The summed E-state index contributed by atoms with van der Waals surface area (Å²) in [6.45, 7) is -0.338. The van der Waals surface area contributed by atoms with Crippen molar-refractivity contribution in [3.63, 3.8) is 0 Å². The fraction of sp³-hybridized carbons (Fsp3) is 0.381. The topological polar surface area (TPSA) is 78.5 Å². The van der Waals surface area contributed by atoms with Crippen LogP contribution in [-0.4, -0.2) is 34.8 Å².